The molecule has 0 saturated heterocycles. The Hall–Kier alpha value is -1.89. The molecule has 0 unspecified atom stereocenters. The van der Waals surface area contributed by atoms with Gasteiger partial charge >= 0.3 is 7.12 Å². The number of aliphatic hydroxyl groups is 1. The van der Waals surface area contributed by atoms with Crippen molar-refractivity contribution in [1.82, 2.24) is 0 Å². The highest BCUT2D eigenvalue weighted by Gasteiger charge is 2.20. The predicted octanol–water partition coefficient (Wildman–Crippen LogP) is 0.577. The van der Waals surface area contributed by atoms with Crippen molar-refractivity contribution in [3.63, 3.8) is 0 Å². The Labute approximate surface area is 116 Å². The zero-order valence-electron chi connectivity index (χ0n) is 10.7. The molecular formula is C14H14BFO4. The first-order chi connectivity index (χ1) is 9.61. The number of halogens is 1. The van der Waals surface area contributed by atoms with Gasteiger partial charge in [0.15, 0.2) is 0 Å². The molecule has 104 valence electrons. The minimum Gasteiger partial charge on any atom is -0.489 e. The Balaban J connectivity index is 2.21. The summed E-state index contributed by atoms with van der Waals surface area (Å²) in [4.78, 5) is 0. The van der Waals surface area contributed by atoms with Crippen molar-refractivity contribution in [2.75, 3.05) is 0 Å². The van der Waals surface area contributed by atoms with Gasteiger partial charge in [0.05, 0.1) is 6.61 Å². The fourth-order valence-corrected chi connectivity index (χ4v) is 1.81. The van der Waals surface area contributed by atoms with Crippen molar-refractivity contribution >= 4 is 12.6 Å². The Morgan fingerprint density at radius 1 is 1.10 bits per heavy atom. The van der Waals surface area contributed by atoms with Gasteiger partial charge in [-0.3, -0.25) is 0 Å². The van der Waals surface area contributed by atoms with Crippen molar-refractivity contribution in [1.29, 1.82) is 0 Å². The zero-order chi connectivity index (χ0) is 14.5. The Morgan fingerprint density at radius 2 is 1.80 bits per heavy atom. The van der Waals surface area contributed by atoms with E-state index < -0.39 is 19.5 Å². The second-order valence-corrected chi connectivity index (χ2v) is 4.29. The second-order valence-electron chi connectivity index (χ2n) is 4.29. The van der Waals surface area contributed by atoms with Crippen LogP contribution in [-0.2, 0) is 13.2 Å². The van der Waals surface area contributed by atoms with Crippen LogP contribution in [0.15, 0.2) is 42.5 Å². The zero-order valence-corrected chi connectivity index (χ0v) is 10.7. The highest BCUT2D eigenvalue weighted by atomic mass is 19.1. The Bertz CT molecular complexity index is 575. The molecule has 2 aromatic carbocycles. The number of rotatable bonds is 5. The normalized spacial score (nSPS) is 10.4. The van der Waals surface area contributed by atoms with Crippen LogP contribution in [0.25, 0.3) is 0 Å². The first kappa shape index (κ1) is 14.5. The number of ether oxygens (including phenoxy) is 1. The van der Waals surface area contributed by atoms with E-state index in [-0.39, 0.29) is 23.4 Å². The molecule has 0 saturated carbocycles. The third kappa shape index (κ3) is 3.36. The first-order valence-corrected chi connectivity index (χ1v) is 6.08. The van der Waals surface area contributed by atoms with Crippen molar-refractivity contribution < 1.29 is 24.3 Å². The van der Waals surface area contributed by atoms with E-state index in [2.05, 4.69) is 0 Å². The lowest BCUT2D eigenvalue weighted by atomic mass is 9.79. The predicted molar refractivity (Wildman–Crippen MR) is 72.9 cm³/mol. The summed E-state index contributed by atoms with van der Waals surface area (Å²) in [5.74, 6) is -0.572. The first-order valence-electron chi connectivity index (χ1n) is 6.08. The number of aliphatic hydroxyl groups excluding tert-OH is 1. The molecule has 0 aliphatic carbocycles. The third-order valence-corrected chi connectivity index (χ3v) is 2.85. The average molecular weight is 276 g/mol. The molecule has 6 heteroatoms. The van der Waals surface area contributed by atoms with Gasteiger partial charge in [-0.25, -0.2) is 4.39 Å². The maximum atomic E-state index is 13.7. The van der Waals surface area contributed by atoms with Crippen molar-refractivity contribution in [3.8, 4) is 5.75 Å². The molecule has 4 nitrogen and oxygen atoms in total. The summed E-state index contributed by atoms with van der Waals surface area (Å²) in [5.41, 5.74) is 0.562. The lowest BCUT2D eigenvalue weighted by Gasteiger charge is -2.11. The third-order valence-electron chi connectivity index (χ3n) is 2.85. The lowest BCUT2D eigenvalue weighted by molar-refractivity contribution is 0.272. The van der Waals surface area contributed by atoms with Gasteiger partial charge in [-0.2, -0.15) is 0 Å². The van der Waals surface area contributed by atoms with Crippen LogP contribution in [0, 0.1) is 5.82 Å². The topological polar surface area (TPSA) is 69.9 Å². The van der Waals surface area contributed by atoms with E-state index in [1.165, 1.54) is 12.1 Å². The minimum atomic E-state index is -1.96. The fraction of sp³-hybridized carbons (Fsp3) is 0.143. The van der Waals surface area contributed by atoms with Gasteiger partial charge in [0.2, 0.25) is 0 Å². The van der Waals surface area contributed by atoms with E-state index in [4.69, 9.17) is 19.9 Å². The van der Waals surface area contributed by atoms with Crippen LogP contribution in [-0.4, -0.2) is 22.3 Å². The number of hydrogen-bond acceptors (Lipinski definition) is 4. The molecule has 0 aromatic heterocycles. The van der Waals surface area contributed by atoms with Crippen molar-refractivity contribution in [3.05, 3.63) is 59.4 Å². The van der Waals surface area contributed by atoms with E-state index >= 15 is 0 Å². The highest BCUT2D eigenvalue weighted by molar-refractivity contribution is 6.58. The molecule has 0 fully saturated rings. The molecule has 2 rings (SSSR count). The van der Waals surface area contributed by atoms with Gasteiger partial charge in [0.25, 0.3) is 0 Å². The molecule has 3 N–H and O–H groups in total. The van der Waals surface area contributed by atoms with Gasteiger partial charge < -0.3 is 19.9 Å². The van der Waals surface area contributed by atoms with E-state index in [9.17, 15) is 4.39 Å². The van der Waals surface area contributed by atoms with Crippen molar-refractivity contribution in [2.45, 2.75) is 13.2 Å². The summed E-state index contributed by atoms with van der Waals surface area (Å²) in [5, 5.41) is 27.3. The van der Waals surface area contributed by atoms with Crippen molar-refractivity contribution in [2.24, 2.45) is 0 Å². The molecule has 0 aliphatic heterocycles. The fourth-order valence-electron chi connectivity index (χ4n) is 1.81. The SMILES string of the molecule is OCc1cc(OCc2ccccc2)cc(B(O)O)c1F. The average Bonchev–Trinajstić information content (AvgIpc) is 2.47. The van der Waals surface area contributed by atoms with Gasteiger partial charge in [-0.05, 0) is 17.7 Å². The van der Waals surface area contributed by atoms with Crippen LogP contribution >= 0.6 is 0 Å². The summed E-state index contributed by atoms with van der Waals surface area (Å²) >= 11 is 0. The largest absolute Gasteiger partial charge is 0.491 e. The van der Waals surface area contributed by atoms with Gasteiger partial charge in [0, 0.05) is 11.0 Å². The molecule has 0 atom stereocenters. The van der Waals surface area contributed by atoms with Crippen LogP contribution < -0.4 is 10.2 Å². The lowest BCUT2D eigenvalue weighted by Crippen LogP contribution is -2.33. The Kier molecular flexibility index (Phi) is 4.73. The quantitative estimate of drug-likeness (QED) is 0.698. The monoisotopic (exact) mass is 276 g/mol. The summed E-state index contributed by atoms with van der Waals surface area (Å²) in [6, 6.07) is 11.9. The van der Waals surface area contributed by atoms with Crippen LogP contribution in [0.5, 0.6) is 5.75 Å². The molecule has 0 bridgehead atoms. The maximum absolute atomic E-state index is 13.7. The molecule has 0 spiro atoms. The minimum absolute atomic E-state index is 0.0429. The molecule has 0 heterocycles. The molecule has 2 aromatic rings. The summed E-state index contributed by atoms with van der Waals surface area (Å²) in [6.45, 7) is -0.285. The second kappa shape index (κ2) is 6.52. The highest BCUT2D eigenvalue weighted by Crippen LogP contribution is 2.17. The summed E-state index contributed by atoms with van der Waals surface area (Å²) in [6.07, 6.45) is 0. The molecular weight excluding hydrogens is 262 g/mol. The summed E-state index contributed by atoms with van der Waals surface area (Å²) in [7, 11) is -1.96. The van der Waals surface area contributed by atoms with Crippen LogP contribution in [0.2, 0.25) is 0 Å². The van der Waals surface area contributed by atoms with Crippen LogP contribution in [0.3, 0.4) is 0 Å². The van der Waals surface area contributed by atoms with Crippen LogP contribution in [0.4, 0.5) is 4.39 Å². The van der Waals surface area contributed by atoms with E-state index in [0.29, 0.717) is 0 Å². The van der Waals surface area contributed by atoms with Gasteiger partial charge in [-0.1, -0.05) is 30.3 Å². The smallest absolute Gasteiger partial charge is 0.489 e. The Morgan fingerprint density at radius 3 is 2.40 bits per heavy atom. The molecule has 0 amide bonds. The van der Waals surface area contributed by atoms with E-state index in [0.717, 1.165) is 5.56 Å². The number of hydrogen-bond donors (Lipinski definition) is 3. The van der Waals surface area contributed by atoms with E-state index in [1.54, 1.807) is 0 Å². The van der Waals surface area contributed by atoms with Gasteiger partial charge in [-0.15, -0.1) is 0 Å². The molecule has 20 heavy (non-hydrogen) atoms. The number of benzene rings is 2. The van der Waals surface area contributed by atoms with Crippen LogP contribution in [0.1, 0.15) is 11.1 Å². The molecule has 0 aliphatic rings. The van der Waals surface area contributed by atoms with Gasteiger partial charge in [0.1, 0.15) is 18.2 Å². The summed E-state index contributed by atoms with van der Waals surface area (Å²) < 4.78 is 19.2. The van der Waals surface area contributed by atoms with E-state index in [1.807, 2.05) is 30.3 Å². The standard InChI is InChI=1S/C14H14BFO4/c16-14-11(8-17)6-12(7-13(14)15(18)19)20-9-10-4-2-1-3-5-10/h1-7,17-19H,8-9H2. The maximum Gasteiger partial charge on any atom is 0.491 e. The molecule has 0 radical (unpaired) electrons.